The van der Waals surface area contributed by atoms with Crippen LogP contribution in [0.1, 0.15) is 56.3 Å². The van der Waals surface area contributed by atoms with Crippen molar-refractivity contribution in [1.29, 1.82) is 0 Å². The number of halogens is 1. The fraction of sp³-hybridized carbons (Fsp3) is 0.583. The van der Waals surface area contributed by atoms with Crippen LogP contribution in [0.25, 0.3) is 0 Å². The van der Waals surface area contributed by atoms with Gasteiger partial charge in [0.2, 0.25) is 0 Å². The van der Waals surface area contributed by atoms with Crippen LogP contribution in [0.3, 0.4) is 0 Å². The van der Waals surface area contributed by atoms with Crippen LogP contribution in [0, 0.1) is 23.2 Å². The summed E-state index contributed by atoms with van der Waals surface area (Å²) in [5, 5.41) is 4.33. The number of benzene rings is 1. The maximum absolute atomic E-state index is 12.8. The molecule has 5 rings (SSSR count). The third-order valence-corrected chi connectivity index (χ3v) is 8.56. The lowest BCUT2D eigenvalue weighted by molar-refractivity contribution is -0.259. The minimum Gasteiger partial charge on any atom is -0.487 e. The van der Waals surface area contributed by atoms with Crippen LogP contribution in [-0.2, 0) is 16.0 Å². The van der Waals surface area contributed by atoms with Crippen LogP contribution in [0.5, 0.6) is 5.75 Å². The summed E-state index contributed by atoms with van der Waals surface area (Å²) >= 11 is 3.43. The highest BCUT2D eigenvalue weighted by atomic mass is 79.9. The second-order valence-electron chi connectivity index (χ2n) is 9.59. The van der Waals surface area contributed by atoms with E-state index in [1.807, 2.05) is 25.1 Å². The maximum Gasteiger partial charge on any atom is 0.360 e. The zero-order valence-electron chi connectivity index (χ0n) is 18.4. The van der Waals surface area contributed by atoms with Gasteiger partial charge in [0.25, 0.3) is 0 Å². The first-order chi connectivity index (χ1) is 14.8. The van der Waals surface area contributed by atoms with Gasteiger partial charge < -0.3 is 14.2 Å². The summed E-state index contributed by atoms with van der Waals surface area (Å²) in [6, 6.07) is 8.21. The van der Waals surface area contributed by atoms with Gasteiger partial charge in [-0.2, -0.15) is 5.10 Å². The van der Waals surface area contributed by atoms with Crippen molar-refractivity contribution in [2.24, 2.45) is 23.2 Å². The molecule has 7 heteroatoms. The number of rotatable bonds is 4. The molecule has 6 atom stereocenters. The number of para-hydroxylation sites is 1. The Morgan fingerprint density at radius 3 is 2.87 bits per heavy atom. The molecule has 3 heterocycles. The number of carbonyl (C=O) groups is 1. The second kappa shape index (κ2) is 7.34. The molecule has 2 bridgehead atoms. The SMILES string of the molecule is CCn1cc(Br)c(C(=O)OC[C@@]23CO[C@H]4c5ccccc5O[C@@](C)(C[C@@H]2C)[C@H]4[C@@H]3C)n1. The number of esters is 1. The topological polar surface area (TPSA) is 62.6 Å². The highest BCUT2D eigenvalue weighted by Crippen LogP contribution is 2.63. The van der Waals surface area contributed by atoms with E-state index in [1.54, 1.807) is 10.9 Å². The summed E-state index contributed by atoms with van der Waals surface area (Å²) in [7, 11) is 0. The Hall–Kier alpha value is -1.86. The van der Waals surface area contributed by atoms with Gasteiger partial charge in [0.05, 0.1) is 17.2 Å². The van der Waals surface area contributed by atoms with Crippen molar-refractivity contribution in [1.82, 2.24) is 9.78 Å². The molecule has 1 aromatic heterocycles. The zero-order valence-corrected chi connectivity index (χ0v) is 20.0. The van der Waals surface area contributed by atoms with Crippen LogP contribution >= 0.6 is 15.9 Å². The number of hydrogen-bond acceptors (Lipinski definition) is 5. The summed E-state index contributed by atoms with van der Waals surface area (Å²) < 4.78 is 21.4. The molecule has 0 unspecified atom stereocenters. The second-order valence-corrected chi connectivity index (χ2v) is 10.4. The number of aromatic nitrogens is 2. The van der Waals surface area contributed by atoms with E-state index in [2.05, 4.69) is 47.9 Å². The Bertz CT molecular complexity index is 1020. The van der Waals surface area contributed by atoms with Crippen molar-refractivity contribution in [2.45, 2.75) is 52.4 Å². The minimum absolute atomic E-state index is 0.00988. The number of ether oxygens (including phenoxy) is 3. The average molecular weight is 489 g/mol. The van der Waals surface area contributed by atoms with Gasteiger partial charge in [-0.3, -0.25) is 4.68 Å². The largest absolute Gasteiger partial charge is 0.487 e. The van der Waals surface area contributed by atoms with Crippen LogP contribution in [0.2, 0.25) is 0 Å². The highest BCUT2D eigenvalue weighted by Gasteiger charge is 2.64. The van der Waals surface area contributed by atoms with Crippen LogP contribution in [0.15, 0.2) is 34.9 Å². The summed E-state index contributed by atoms with van der Waals surface area (Å²) in [5.41, 5.74) is 0.912. The minimum atomic E-state index is -0.395. The molecule has 1 aromatic carbocycles. The fourth-order valence-corrected chi connectivity index (χ4v) is 6.70. The summed E-state index contributed by atoms with van der Waals surface area (Å²) in [6.45, 7) is 10.3. The van der Waals surface area contributed by atoms with Gasteiger partial charge in [-0.25, -0.2) is 4.79 Å². The molecular formula is C24H29BrN2O4. The molecule has 2 aliphatic heterocycles. The molecular weight excluding hydrogens is 460 g/mol. The molecule has 0 amide bonds. The highest BCUT2D eigenvalue weighted by molar-refractivity contribution is 9.10. The van der Waals surface area contributed by atoms with E-state index >= 15 is 0 Å². The Morgan fingerprint density at radius 2 is 2.13 bits per heavy atom. The third-order valence-electron chi connectivity index (χ3n) is 7.98. The zero-order chi connectivity index (χ0) is 22.0. The first kappa shape index (κ1) is 21.0. The van der Waals surface area contributed by atoms with Crippen molar-refractivity contribution >= 4 is 21.9 Å². The van der Waals surface area contributed by atoms with E-state index in [-0.39, 0.29) is 34.9 Å². The molecule has 0 spiro atoms. The number of hydrogen-bond donors (Lipinski definition) is 0. The van der Waals surface area contributed by atoms with E-state index < -0.39 is 5.97 Å². The van der Waals surface area contributed by atoms with E-state index in [1.165, 1.54) is 0 Å². The summed E-state index contributed by atoms with van der Waals surface area (Å²) in [5.74, 6) is 1.30. The van der Waals surface area contributed by atoms with Crippen molar-refractivity contribution in [3.63, 3.8) is 0 Å². The van der Waals surface area contributed by atoms with Crippen LogP contribution < -0.4 is 4.74 Å². The first-order valence-corrected chi connectivity index (χ1v) is 11.9. The lowest BCUT2D eigenvalue weighted by Gasteiger charge is -2.63. The van der Waals surface area contributed by atoms with Crippen LogP contribution in [0.4, 0.5) is 0 Å². The van der Waals surface area contributed by atoms with Gasteiger partial charge in [0, 0.05) is 29.6 Å². The smallest absolute Gasteiger partial charge is 0.360 e. The van der Waals surface area contributed by atoms with Crippen molar-refractivity contribution in [3.8, 4) is 5.75 Å². The van der Waals surface area contributed by atoms with E-state index in [4.69, 9.17) is 14.2 Å². The molecule has 166 valence electrons. The number of nitrogens with zero attached hydrogens (tertiary/aromatic N) is 2. The Labute approximate surface area is 191 Å². The first-order valence-electron chi connectivity index (χ1n) is 11.1. The predicted octanol–water partition coefficient (Wildman–Crippen LogP) is 5.02. The molecule has 1 aliphatic carbocycles. The molecule has 0 radical (unpaired) electrons. The van der Waals surface area contributed by atoms with E-state index in [0.717, 1.165) is 17.7 Å². The number of fused-ring (bicyclic) bond motifs is 3. The Morgan fingerprint density at radius 1 is 1.35 bits per heavy atom. The summed E-state index contributed by atoms with van der Waals surface area (Å²) in [4.78, 5) is 12.8. The normalized spacial score (nSPS) is 35.8. The molecule has 2 aromatic rings. The molecule has 1 saturated carbocycles. The van der Waals surface area contributed by atoms with E-state index in [9.17, 15) is 4.79 Å². The van der Waals surface area contributed by atoms with Gasteiger partial charge in [0.15, 0.2) is 5.69 Å². The Kier molecular flexibility index (Phi) is 4.97. The predicted molar refractivity (Wildman–Crippen MR) is 119 cm³/mol. The van der Waals surface area contributed by atoms with Gasteiger partial charge in [-0.15, -0.1) is 0 Å². The monoisotopic (exact) mass is 488 g/mol. The summed E-state index contributed by atoms with van der Waals surface area (Å²) in [6.07, 6.45) is 2.72. The lowest BCUT2D eigenvalue weighted by Crippen LogP contribution is -2.66. The molecule has 1 saturated heterocycles. The van der Waals surface area contributed by atoms with Gasteiger partial charge in [-0.05, 0) is 54.1 Å². The molecule has 2 fully saturated rings. The van der Waals surface area contributed by atoms with Crippen molar-refractivity contribution < 1.29 is 19.0 Å². The number of carbonyl (C=O) groups excluding carboxylic acids is 1. The standard InChI is InChI=1S/C24H29BrN2O4/c1-5-27-11-17(25)20(26-27)22(28)30-13-24-12-29-21-16-8-6-7-9-18(16)31-23(4,10-14(24)2)19(21)15(24)3/h6-9,11,14-15,19,21H,5,10,12-13H2,1-4H3/t14-,15-,19-,21-,23-,24-/m0/s1. The lowest BCUT2D eigenvalue weighted by atomic mass is 9.50. The van der Waals surface area contributed by atoms with E-state index in [0.29, 0.717) is 29.9 Å². The van der Waals surface area contributed by atoms with Crippen molar-refractivity contribution in [3.05, 3.63) is 46.2 Å². The third kappa shape index (κ3) is 3.07. The molecule has 6 nitrogen and oxygen atoms in total. The molecule has 31 heavy (non-hydrogen) atoms. The maximum atomic E-state index is 12.8. The fourth-order valence-electron chi connectivity index (χ4n) is 6.22. The number of aryl methyl sites for hydroxylation is 1. The average Bonchev–Trinajstić information content (AvgIpc) is 3.12. The van der Waals surface area contributed by atoms with Crippen LogP contribution in [-0.4, -0.2) is 34.6 Å². The van der Waals surface area contributed by atoms with Gasteiger partial charge in [-0.1, -0.05) is 32.0 Å². The molecule has 3 aliphatic rings. The quantitative estimate of drug-likeness (QED) is 0.565. The van der Waals surface area contributed by atoms with Gasteiger partial charge >= 0.3 is 5.97 Å². The molecule has 0 N–H and O–H groups in total. The van der Waals surface area contributed by atoms with Gasteiger partial charge in [0.1, 0.15) is 18.0 Å². The van der Waals surface area contributed by atoms with Crippen molar-refractivity contribution in [2.75, 3.05) is 13.2 Å². The Balaban J connectivity index is 1.42.